The molecule has 3 aromatic carbocycles. The van der Waals surface area contributed by atoms with Gasteiger partial charge < -0.3 is 19.1 Å². The molecule has 3 aliphatic rings. The fraction of sp³-hybridized carbons (Fsp3) is 0.152. The van der Waals surface area contributed by atoms with E-state index < -0.39 is 17.6 Å². The van der Waals surface area contributed by atoms with Gasteiger partial charge in [0.05, 0.1) is 35.2 Å². The molecule has 214 valence electrons. The minimum Gasteiger partial charge on any atom is -0.463 e. The fourth-order valence-electron chi connectivity index (χ4n) is 5.70. The molecule has 10 heteroatoms. The van der Waals surface area contributed by atoms with Crippen LogP contribution >= 0.6 is 11.3 Å². The maximum Gasteiger partial charge on any atom is 0.338 e. The minimum absolute atomic E-state index is 0.0729. The number of carbonyl (C=O) groups is 2. The van der Waals surface area contributed by atoms with Crippen LogP contribution in [-0.4, -0.2) is 36.4 Å². The highest BCUT2D eigenvalue weighted by Crippen LogP contribution is 2.40. The Hall–Kier alpha value is -5.22. The van der Waals surface area contributed by atoms with Crippen molar-refractivity contribution in [3.8, 4) is 11.5 Å². The van der Waals surface area contributed by atoms with E-state index in [9.17, 15) is 14.4 Å². The number of para-hydroxylation sites is 1. The van der Waals surface area contributed by atoms with Crippen LogP contribution in [0.5, 0.6) is 11.5 Å². The molecule has 0 aliphatic carbocycles. The summed E-state index contributed by atoms with van der Waals surface area (Å²) in [5.74, 6) is 0.187. The van der Waals surface area contributed by atoms with Crippen LogP contribution < -0.4 is 29.3 Å². The van der Waals surface area contributed by atoms with E-state index in [2.05, 4.69) is 6.58 Å². The molecule has 0 N–H and O–H groups in total. The quantitative estimate of drug-likeness (QED) is 0.251. The molecule has 0 spiro atoms. The van der Waals surface area contributed by atoms with E-state index in [1.165, 1.54) is 4.57 Å². The molecule has 0 bridgehead atoms. The predicted molar refractivity (Wildman–Crippen MR) is 162 cm³/mol. The summed E-state index contributed by atoms with van der Waals surface area (Å²) >= 11 is 1.13. The van der Waals surface area contributed by atoms with Crippen LogP contribution in [0, 0.1) is 0 Å². The highest BCUT2D eigenvalue weighted by Gasteiger charge is 2.38. The first-order chi connectivity index (χ1) is 21.0. The van der Waals surface area contributed by atoms with Gasteiger partial charge in [-0.1, -0.05) is 72.0 Å². The zero-order valence-electron chi connectivity index (χ0n) is 23.1. The average molecular weight is 592 g/mol. The van der Waals surface area contributed by atoms with Crippen LogP contribution in [0.2, 0.25) is 0 Å². The molecule has 4 aromatic rings. The zero-order chi connectivity index (χ0) is 29.7. The van der Waals surface area contributed by atoms with Crippen molar-refractivity contribution in [2.75, 3.05) is 24.8 Å². The van der Waals surface area contributed by atoms with Crippen LogP contribution in [0.4, 0.5) is 5.69 Å². The van der Waals surface area contributed by atoms with Gasteiger partial charge in [-0.05, 0) is 30.7 Å². The van der Waals surface area contributed by atoms with E-state index >= 15 is 0 Å². The van der Waals surface area contributed by atoms with Gasteiger partial charge in [-0.3, -0.25) is 14.2 Å². The maximum absolute atomic E-state index is 14.5. The number of anilines is 1. The molecule has 0 unspecified atom stereocenters. The lowest BCUT2D eigenvalue weighted by Gasteiger charge is -2.26. The third-order valence-electron chi connectivity index (χ3n) is 7.52. The Kier molecular flexibility index (Phi) is 6.55. The van der Waals surface area contributed by atoms with Gasteiger partial charge in [0, 0.05) is 17.7 Å². The fourth-order valence-corrected chi connectivity index (χ4v) is 6.79. The van der Waals surface area contributed by atoms with E-state index in [0.29, 0.717) is 56.5 Å². The lowest BCUT2D eigenvalue weighted by Crippen LogP contribution is -2.41. The van der Waals surface area contributed by atoms with Crippen molar-refractivity contribution < 1.29 is 23.8 Å². The minimum atomic E-state index is -0.912. The SMILES string of the molecule is C=CCN1C(=O)/C(=c2/sc3n(c2=O)[C@H](c2ccc4c(c2)OCO4)C(C(=O)OCC)=C(c2ccccc2)N=3)c2ccccc21. The molecular formula is C33H25N3O6S. The summed E-state index contributed by atoms with van der Waals surface area (Å²) in [6, 6.07) is 21.1. The summed E-state index contributed by atoms with van der Waals surface area (Å²) in [7, 11) is 0. The van der Waals surface area contributed by atoms with Crippen molar-refractivity contribution in [3.05, 3.63) is 127 Å². The molecule has 43 heavy (non-hydrogen) atoms. The third-order valence-corrected chi connectivity index (χ3v) is 8.58. The van der Waals surface area contributed by atoms with E-state index in [0.717, 1.165) is 11.3 Å². The molecule has 0 fully saturated rings. The van der Waals surface area contributed by atoms with Crippen molar-refractivity contribution in [3.63, 3.8) is 0 Å². The van der Waals surface area contributed by atoms with Gasteiger partial charge in [0.1, 0.15) is 4.53 Å². The summed E-state index contributed by atoms with van der Waals surface area (Å²) in [6.45, 7) is 6.03. The summed E-state index contributed by atoms with van der Waals surface area (Å²) in [4.78, 5) is 48.8. The molecule has 0 saturated heterocycles. The van der Waals surface area contributed by atoms with Gasteiger partial charge in [0.2, 0.25) is 6.79 Å². The van der Waals surface area contributed by atoms with Gasteiger partial charge in [0.25, 0.3) is 11.5 Å². The summed E-state index contributed by atoms with van der Waals surface area (Å²) < 4.78 is 18.4. The standard InChI is InChI=1S/C33H25N3O6S/c1-3-16-35-22-13-9-8-12-21(22)25(30(35)37)29-31(38)36-28(20-14-15-23-24(17-20)42-18-41-23)26(32(39)40-4-2)27(34-33(36)43-29)19-10-6-5-7-11-19/h3,5-15,17,28H,1,4,16,18H2,2H3/b29-25+/t28-/m1/s1. The van der Waals surface area contributed by atoms with Gasteiger partial charge in [-0.25, -0.2) is 9.79 Å². The molecule has 1 aromatic heterocycles. The van der Waals surface area contributed by atoms with Crippen LogP contribution in [0.1, 0.15) is 29.7 Å². The number of esters is 1. The molecule has 7 rings (SSSR count). The van der Waals surface area contributed by atoms with E-state index in [1.54, 1.807) is 36.1 Å². The second kappa shape index (κ2) is 10.6. The third kappa shape index (κ3) is 4.21. The Labute approximate surface area is 249 Å². The topological polar surface area (TPSA) is 99.4 Å². The number of aromatic nitrogens is 1. The molecule has 1 amide bonds. The predicted octanol–water partition coefficient (Wildman–Crippen LogP) is 3.57. The zero-order valence-corrected chi connectivity index (χ0v) is 23.9. The molecule has 4 heterocycles. The molecule has 0 radical (unpaired) electrons. The Morgan fingerprint density at radius 3 is 2.63 bits per heavy atom. The van der Waals surface area contributed by atoms with Gasteiger partial charge >= 0.3 is 5.97 Å². The second-order valence-electron chi connectivity index (χ2n) is 9.96. The Morgan fingerprint density at radius 1 is 1.07 bits per heavy atom. The Balaban J connectivity index is 1.56. The second-order valence-corrected chi connectivity index (χ2v) is 10.9. The Bertz CT molecular complexity index is 2040. The number of amides is 1. The molecular weight excluding hydrogens is 566 g/mol. The first-order valence-corrected chi connectivity index (χ1v) is 14.6. The lowest BCUT2D eigenvalue weighted by molar-refractivity contribution is -0.138. The number of nitrogens with zero attached hydrogens (tertiary/aromatic N) is 3. The molecule has 9 nitrogen and oxygen atoms in total. The number of hydrogen-bond donors (Lipinski definition) is 0. The smallest absolute Gasteiger partial charge is 0.338 e. The normalized spacial score (nSPS) is 17.8. The largest absolute Gasteiger partial charge is 0.463 e. The molecule has 1 atom stereocenters. The van der Waals surface area contributed by atoms with Gasteiger partial charge in [-0.15, -0.1) is 6.58 Å². The van der Waals surface area contributed by atoms with Crippen molar-refractivity contribution in [1.82, 2.24) is 4.57 Å². The first kappa shape index (κ1) is 26.7. The number of ether oxygens (including phenoxy) is 3. The molecule has 3 aliphatic heterocycles. The highest BCUT2D eigenvalue weighted by molar-refractivity contribution is 7.07. The van der Waals surface area contributed by atoms with Crippen LogP contribution in [0.3, 0.4) is 0 Å². The van der Waals surface area contributed by atoms with Gasteiger partial charge in [-0.2, -0.15) is 0 Å². The Morgan fingerprint density at radius 2 is 1.84 bits per heavy atom. The number of thiazole rings is 1. The van der Waals surface area contributed by atoms with E-state index in [-0.39, 0.29) is 29.4 Å². The van der Waals surface area contributed by atoms with Crippen LogP contribution in [0.25, 0.3) is 11.3 Å². The number of rotatable bonds is 6. The van der Waals surface area contributed by atoms with Crippen molar-refractivity contribution in [2.45, 2.75) is 13.0 Å². The number of carbonyl (C=O) groups excluding carboxylic acids is 2. The van der Waals surface area contributed by atoms with Crippen LogP contribution in [0.15, 0.2) is 101 Å². The highest BCUT2D eigenvalue weighted by atomic mass is 32.1. The van der Waals surface area contributed by atoms with Crippen molar-refractivity contribution >= 4 is 40.2 Å². The number of fused-ring (bicyclic) bond motifs is 3. The average Bonchev–Trinajstić information content (AvgIpc) is 3.71. The lowest BCUT2D eigenvalue weighted by atomic mass is 9.93. The molecule has 0 saturated carbocycles. The van der Waals surface area contributed by atoms with Crippen molar-refractivity contribution in [2.24, 2.45) is 4.99 Å². The first-order valence-electron chi connectivity index (χ1n) is 13.7. The summed E-state index contributed by atoms with van der Waals surface area (Å²) in [5, 5.41) is 0. The van der Waals surface area contributed by atoms with Crippen LogP contribution in [-0.2, 0) is 14.3 Å². The van der Waals surface area contributed by atoms with Crippen molar-refractivity contribution in [1.29, 1.82) is 0 Å². The monoisotopic (exact) mass is 591 g/mol. The number of hydrogen-bond acceptors (Lipinski definition) is 8. The number of benzene rings is 3. The summed E-state index contributed by atoms with van der Waals surface area (Å²) in [6.07, 6.45) is 1.65. The maximum atomic E-state index is 14.5. The van der Waals surface area contributed by atoms with E-state index in [1.807, 2.05) is 54.6 Å². The van der Waals surface area contributed by atoms with E-state index in [4.69, 9.17) is 19.2 Å². The van der Waals surface area contributed by atoms with Gasteiger partial charge in [0.15, 0.2) is 16.3 Å². The summed E-state index contributed by atoms with van der Waals surface area (Å²) in [5.41, 5.74) is 3.14.